The summed E-state index contributed by atoms with van der Waals surface area (Å²) in [5.74, 6) is -1.35. The van der Waals surface area contributed by atoms with Crippen LogP contribution in [-0.4, -0.2) is 54.3 Å². The standard InChI is InChI=1S/C29H26F2N4O4S/c30-29(31)40-26-9-6-21(7-10-26)27-11-8-25(39-27)19-33-32-18-23-5-4-22(28(23)34-12-14-38-15-13-34)16-20-2-1-3-24(17-20)35(36)37/h1-3,6-11,16-19,29H,4-5,12-15H2/b22-16+,32-18+,33-19+. The van der Waals surface area contributed by atoms with Crippen LogP contribution in [0.15, 0.2) is 97.0 Å². The summed E-state index contributed by atoms with van der Waals surface area (Å²) in [6, 6.07) is 16.9. The highest BCUT2D eigenvalue weighted by Crippen LogP contribution is 2.35. The van der Waals surface area contributed by atoms with E-state index < -0.39 is 5.76 Å². The van der Waals surface area contributed by atoms with E-state index in [1.54, 1.807) is 54.7 Å². The van der Waals surface area contributed by atoms with E-state index in [4.69, 9.17) is 9.15 Å². The number of hydrogen-bond acceptors (Lipinski definition) is 8. The minimum absolute atomic E-state index is 0.0595. The molecule has 0 N–H and O–H groups in total. The molecular weight excluding hydrogens is 538 g/mol. The number of nitro groups is 1. The van der Waals surface area contributed by atoms with Gasteiger partial charge in [0.05, 0.1) is 30.6 Å². The van der Waals surface area contributed by atoms with E-state index >= 15 is 0 Å². The third-order valence-corrected chi connectivity index (χ3v) is 7.20. The monoisotopic (exact) mass is 564 g/mol. The molecule has 0 radical (unpaired) electrons. The number of morpholine rings is 1. The van der Waals surface area contributed by atoms with Crippen molar-refractivity contribution in [3.05, 3.63) is 98.9 Å². The molecule has 1 aliphatic heterocycles. The van der Waals surface area contributed by atoms with Crippen LogP contribution in [0.1, 0.15) is 24.2 Å². The Hall–Kier alpha value is -4.09. The van der Waals surface area contributed by atoms with E-state index in [-0.39, 0.29) is 10.6 Å². The smallest absolute Gasteiger partial charge is 0.288 e. The summed E-state index contributed by atoms with van der Waals surface area (Å²) in [4.78, 5) is 13.6. The Labute approximate surface area is 233 Å². The molecule has 8 nitrogen and oxygen atoms in total. The van der Waals surface area contributed by atoms with Gasteiger partial charge in [0.2, 0.25) is 0 Å². The summed E-state index contributed by atoms with van der Waals surface area (Å²) in [5, 5.41) is 19.7. The van der Waals surface area contributed by atoms with Crippen molar-refractivity contribution in [2.24, 2.45) is 10.2 Å². The number of rotatable bonds is 9. The van der Waals surface area contributed by atoms with Gasteiger partial charge in [-0.3, -0.25) is 10.1 Å². The second kappa shape index (κ2) is 12.8. The van der Waals surface area contributed by atoms with Crippen molar-refractivity contribution in [1.82, 2.24) is 4.90 Å². The summed E-state index contributed by atoms with van der Waals surface area (Å²) in [5.41, 5.74) is 4.82. The molecule has 2 aliphatic rings. The lowest BCUT2D eigenvalue weighted by molar-refractivity contribution is -0.384. The van der Waals surface area contributed by atoms with E-state index in [1.165, 1.54) is 12.3 Å². The SMILES string of the molecule is O=[N+]([O-])c1cccc(/C=C2\CCC(/C=N/N=C/c3ccc(-c4ccc(SC(F)F)cc4)o3)=C2N2CCOCC2)c1. The van der Waals surface area contributed by atoms with Crippen LogP contribution in [0, 0.1) is 10.1 Å². The summed E-state index contributed by atoms with van der Waals surface area (Å²) in [6.45, 7) is 2.76. The molecule has 0 amide bonds. The second-order valence-electron chi connectivity index (χ2n) is 9.09. The van der Waals surface area contributed by atoms with Crippen LogP contribution in [0.3, 0.4) is 0 Å². The molecule has 0 bridgehead atoms. The molecule has 0 atom stereocenters. The number of furan rings is 1. The molecule has 1 aliphatic carbocycles. The number of nitro benzene ring substituents is 1. The fourth-order valence-corrected chi connectivity index (χ4v) is 5.17. The van der Waals surface area contributed by atoms with Crippen molar-refractivity contribution in [2.75, 3.05) is 26.3 Å². The van der Waals surface area contributed by atoms with Gasteiger partial charge in [-0.2, -0.15) is 19.0 Å². The average Bonchev–Trinajstić information content (AvgIpc) is 3.59. The molecule has 1 fully saturated rings. The van der Waals surface area contributed by atoms with Crippen molar-refractivity contribution in [2.45, 2.75) is 23.5 Å². The minimum Gasteiger partial charge on any atom is -0.455 e. The van der Waals surface area contributed by atoms with Crippen LogP contribution in [0.4, 0.5) is 14.5 Å². The van der Waals surface area contributed by atoms with Crippen LogP contribution in [-0.2, 0) is 4.74 Å². The van der Waals surface area contributed by atoms with Crippen LogP contribution in [0.2, 0.25) is 0 Å². The van der Waals surface area contributed by atoms with E-state index in [0.717, 1.165) is 53.9 Å². The van der Waals surface area contributed by atoms with Gasteiger partial charge in [0.25, 0.3) is 11.4 Å². The lowest BCUT2D eigenvalue weighted by Gasteiger charge is -2.31. The van der Waals surface area contributed by atoms with Crippen LogP contribution >= 0.6 is 11.8 Å². The van der Waals surface area contributed by atoms with Gasteiger partial charge in [-0.15, -0.1) is 0 Å². The van der Waals surface area contributed by atoms with Crippen molar-refractivity contribution >= 4 is 36.0 Å². The highest BCUT2D eigenvalue weighted by molar-refractivity contribution is 7.99. The first-order valence-electron chi connectivity index (χ1n) is 12.7. The number of allylic oxidation sites excluding steroid dienone is 2. The van der Waals surface area contributed by atoms with Crippen molar-refractivity contribution in [3.8, 4) is 11.3 Å². The second-order valence-corrected chi connectivity index (χ2v) is 10.2. The van der Waals surface area contributed by atoms with Crippen LogP contribution < -0.4 is 0 Å². The molecule has 206 valence electrons. The maximum atomic E-state index is 12.5. The Morgan fingerprint density at radius 3 is 2.52 bits per heavy atom. The number of alkyl halides is 2. The Morgan fingerprint density at radius 2 is 1.77 bits per heavy atom. The average molecular weight is 565 g/mol. The molecular formula is C29H26F2N4O4S. The number of nitrogens with zero attached hydrogens (tertiary/aromatic N) is 4. The first-order valence-corrected chi connectivity index (χ1v) is 13.6. The van der Waals surface area contributed by atoms with Crippen molar-refractivity contribution < 1.29 is 22.9 Å². The first kappa shape index (κ1) is 27.5. The van der Waals surface area contributed by atoms with Gasteiger partial charge in [-0.25, -0.2) is 0 Å². The van der Waals surface area contributed by atoms with E-state index in [0.29, 0.717) is 41.4 Å². The van der Waals surface area contributed by atoms with E-state index in [9.17, 15) is 18.9 Å². The normalized spacial score (nSPS) is 17.3. The molecule has 2 heterocycles. The van der Waals surface area contributed by atoms with Crippen molar-refractivity contribution in [1.29, 1.82) is 0 Å². The molecule has 40 heavy (non-hydrogen) atoms. The third-order valence-electron chi connectivity index (χ3n) is 6.48. The number of thioether (sulfide) groups is 1. The van der Waals surface area contributed by atoms with Gasteiger partial charge in [0.1, 0.15) is 11.5 Å². The zero-order valence-electron chi connectivity index (χ0n) is 21.4. The lowest BCUT2D eigenvalue weighted by Crippen LogP contribution is -2.36. The van der Waals surface area contributed by atoms with Gasteiger partial charge < -0.3 is 14.1 Å². The van der Waals surface area contributed by atoms with E-state index in [2.05, 4.69) is 15.1 Å². The molecule has 2 aromatic carbocycles. The molecule has 11 heteroatoms. The highest BCUT2D eigenvalue weighted by atomic mass is 32.2. The number of non-ortho nitro benzene ring substituents is 1. The van der Waals surface area contributed by atoms with Gasteiger partial charge in [-0.1, -0.05) is 36.0 Å². The van der Waals surface area contributed by atoms with Gasteiger partial charge in [0.15, 0.2) is 0 Å². The van der Waals surface area contributed by atoms with Gasteiger partial charge >= 0.3 is 0 Å². The molecule has 0 spiro atoms. The predicted octanol–water partition coefficient (Wildman–Crippen LogP) is 7.04. The fraction of sp³-hybridized carbons (Fsp3) is 0.241. The Balaban J connectivity index is 1.32. The Bertz CT molecular complexity index is 1480. The number of benzene rings is 2. The Morgan fingerprint density at radius 1 is 1.00 bits per heavy atom. The zero-order valence-corrected chi connectivity index (χ0v) is 22.2. The minimum atomic E-state index is -2.46. The lowest BCUT2D eigenvalue weighted by atomic mass is 10.1. The molecule has 5 rings (SSSR count). The highest BCUT2D eigenvalue weighted by Gasteiger charge is 2.25. The molecule has 0 unspecified atom stereocenters. The number of halogens is 2. The summed E-state index contributed by atoms with van der Waals surface area (Å²) >= 11 is 0.501. The maximum absolute atomic E-state index is 12.5. The van der Waals surface area contributed by atoms with Gasteiger partial charge in [0, 0.05) is 41.4 Å². The van der Waals surface area contributed by atoms with Gasteiger partial charge in [-0.05, 0) is 59.9 Å². The molecule has 1 aromatic heterocycles. The largest absolute Gasteiger partial charge is 0.455 e. The topological polar surface area (TPSA) is 93.5 Å². The molecule has 1 saturated heterocycles. The summed E-state index contributed by atoms with van der Waals surface area (Å²) in [7, 11) is 0. The van der Waals surface area contributed by atoms with Crippen LogP contribution in [0.25, 0.3) is 17.4 Å². The van der Waals surface area contributed by atoms with Crippen LogP contribution in [0.5, 0.6) is 0 Å². The van der Waals surface area contributed by atoms with Crippen molar-refractivity contribution in [3.63, 3.8) is 0 Å². The molecule has 0 saturated carbocycles. The first-order chi connectivity index (χ1) is 19.5. The fourth-order valence-electron chi connectivity index (χ4n) is 4.67. The maximum Gasteiger partial charge on any atom is 0.288 e. The summed E-state index contributed by atoms with van der Waals surface area (Å²) < 4.78 is 36.4. The quantitative estimate of drug-likeness (QED) is 0.120. The zero-order chi connectivity index (χ0) is 27.9. The Kier molecular flexibility index (Phi) is 8.82. The summed E-state index contributed by atoms with van der Waals surface area (Å²) in [6.07, 6.45) is 6.84. The predicted molar refractivity (Wildman–Crippen MR) is 152 cm³/mol. The number of hydrogen-bond donors (Lipinski definition) is 0. The molecule has 3 aromatic rings. The van der Waals surface area contributed by atoms with E-state index in [1.807, 2.05) is 12.1 Å². The third kappa shape index (κ3) is 6.91. The number of ether oxygens (including phenoxy) is 1.